The lowest BCUT2D eigenvalue weighted by Gasteiger charge is -2.46. The van der Waals surface area contributed by atoms with E-state index in [-0.39, 0.29) is 0 Å². The highest BCUT2D eigenvalue weighted by Gasteiger charge is 2.32. The Morgan fingerprint density at radius 2 is 1.11 bits per heavy atom. The zero-order valence-corrected chi connectivity index (χ0v) is 38.6. The summed E-state index contributed by atoms with van der Waals surface area (Å²) in [6.45, 7) is 53.2. The van der Waals surface area contributed by atoms with Crippen LogP contribution in [0.5, 0.6) is 0 Å². The van der Waals surface area contributed by atoms with Crippen molar-refractivity contribution in [3.63, 3.8) is 0 Å². The van der Waals surface area contributed by atoms with Gasteiger partial charge in [0.05, 0.1) is 11.2 Å². The molecule has 5 nitrogen and oxygen atoms in total. The number of pyridine rings is 1. The molecule has 3 aliphatic heterocycles. The summed E-state index contributed by atoms with van der Waals surface area (Å²) in [6.07, 6.45) is 7.35. The molecule has 0 N–H and O–H groups in total. The van der Waals surface area contributed by atoms with Crippen molar-refractivity contribution in [2.75, 3.05) is 63.8 Å². The molecule has 3 aromatic rings. The Morgan fingerprint density at radius 1 is 0.655 bits per heavy atom. The van der Waals surface area contributed by atoms with Gasteiger partial charge < -0.3 is 14.7 Å². The number of hydrogen-bond donors (Lipinski definition) is 0. The molecular formula is C50H87N5. The lowest BCUT2D eigenvalue weighted by Crippen LogP contribution is -2.55. The molecule has 0 radical (unpaired) electrons. The highest BCUT2D eigenvalue weighted by molar-refractivity contribution is 5.93. The molecule has 0 aliphatic carbocycles. The van der Waals surface area contributed by atoms with Gasteiger partial charge in [-0.1, -0.05) is 118 Å². The SMILES string of the molecule is C=C.C=C.CC.CC.CC.CCN1CCN(C2CCN(C3CCN(c4c(C)cnc5ccc(C)cc45)CC3)CC2)CC1.Cc1ccc(C(C)C(C)(C)C)cc1. The predicted molar refractivity (Wildman–Crippen MR) is 250 cm³/mol. The number of benzene rings is 2. The highest BCUT2D eigenvalue weighted by Crippen LogP contribution is 2.35. The highest BCUT2D eigenvalue weighted by atomic mass is 15.3. The average Bonchev–Trinajstić information content (AvgIpc) is 3.24. The minimum atomic E-state index is 0.356. The number of nitrogens with zero attached hydrogens (tertiary/aromatic N) is 5. The molecule has 0 saturated carbocycles. The van der Waals surface area contributed by atoms with Crippen LogP contribution in [-0.2, 0) is 0 Å². The van der Waals surface area contributed by atoms with Crippen LogP contribution in [-0.4, -0.2) is 90.7 Å². The van der Waals surface area contributed by atoms with E-state index in [1.54, 1.807) is 0 Å². The van der Waals surface area contributed by atoms with Crippen molar-refractivity contribution >= 4 is 16.6 Å². The van der Waals surface area contributed by atoms with Gasteiger partial charge in [-0.15, -0.1) is 26.3 Å². The number of hydrogen-bond acceptors (Lipinski definition) is 5. The lowest BCUT2D eigenvalue weighted by molar-refractivity contribution is 0.0450. The number of fused-ring (bicyclic) bond motifs is 1. The Morgan fingerprint density at radius 3 is 1.58 bits per heavy atom. The number of aromatic nitrogens is 1. The molecule has 0 bridgehead atoms. The van der Waals surface area contributed by atoms with Crippen LogP contribution in [0, 0.1) is 26.2 Å². The van der Waals surface area contributed by atoms with Gasteiger partial charge in [-0.2, -0.15) is 0 Å². The molecule has 2 aromatic carbocycles. The molecule has 6 rings (SSSR count). The molecular weight excluding hydrogens is 671 g/mol. The molecule has 1 unspecified atom stereocenters. The van der Waals surface area contributed by atoms with Crippen LogP contribution in [0.3, 0.4) is 0 Å². The molecule has 55 heavy (non-hydrogen) atoms. The van der Waals surface area contributed by atoms with Crippen molar-refractivity contribution in [2.45, 2.75) is 141 Å². The van der Waals surface area contributed by atoms with Gasteiger partial charge in [0, 0.05) is 62.9 Å². The van der Waals surface area contributed by atoms with E-state index in [0.717, 1.165) is 30.7 Å². The van der Waals surface area contributed by atoms with E-state index in [4.69, 9.17) is 0 Å². The summed E-state index contributed by atoms with van der Waals surface area (Å²) in [5, 5.41) is 1.33. The molecule has 3 aliphatic rings. The second-order valence-corrected chi connectivity index (χ2v) is 15.3. The first-order valence-corrected chi connectivity index (χ1v) is 21.9. The number of piperidine rings is 2. The van der Waals surface area contributed by atoms with Gasteiger partial charge in [-0.05, 0) is 101 Å². The van der Waals surface area contributed by atoms with Crippen molar-refractivity contribution in [1.29, 1.82) is 0 Å². The van der Waals surface area contributed by atoms with E-state index in [1.165, 1.54) is 105 Å². The van der Waals surface area contributed by atoms with Crippen LogP contribution in [0.15, 0.2) is 75.0 Å². The van der Waals surface area contributed by atoms with Gasteiger partial charge in [-0.3, -0.25) is 9.88 Å². The third-order valence-corrected chi connectivity index (χ3v) is 11.2. The topological polar surface area (TPSA) is 25.9 Å². The number of rotatable bonds is 5. The fraction of sp³-hybridized carbons (Fsp3) is 0.620. The maximum Gasteiger partial charge on any atom is 0.0723 e. The Hall–Kier alpha value is -2.99. The Kier molecular flexibility index (Phi) is 26.9. The summed E-state index contributed by atoms with van der Waals surface area (Å²) in [4.78, 5) is 15.5. The normalized spacial score (nSPS) is 17.4. The summed E-state index contributed by atoms with van der Waals surface area (Å²) in [5.74, 6) is 0.619. The number of likely N-dealkylation sites (tertiary alicyclic amines) is 1. The van der Waals surface area contributed by atoms with E-state index >= 15 is 0 Å². The minimum Gasteiger partial charge on any atom is -0.371 e. The summed E-state index contributed by atoms with van der Waals surface area (Å²) in [5.41, 5.74) is 8.31. The monoisotopic (exact) mass is 758 g/mol. The van der Waals surface area contributed by atoms with Crippen LogP contribution >= 0.6 is 0 Å². The van der Waals surface area contributed by atoms with Crippen LogP contribution in [0.4, 0.5) is 5.69 Å². The molecule has 0 amide bonds. The number of piperazine rings is 1. The van der Waals surface area contributed by atoms with Crippen molar-refractivity contribution < 1.29 is 0 Å². The second kappa shape index (κ2) is 28.4. The van der Waals surface area contributed by atoms with Crippen molar-refractivity contribution in [1.82, 2.24) is 19.7 Å². The maximum absolute atomic E-state index is 4.68. The van der Waals surface area contributed by atoms with Crippen molar-refractivity contribution in [3.8, 4) is 0 Å². The van der Waals surface area contributed by atoms with Gasteiger partial charge in [0.25, 0.3) is 0 Å². The third kappa shape index (κ3) is 16.2. The molecule has 4 heterocycles. The van der Waals surface area contributed by atoms with Gasteiger partial charge in [-0.25, -0.2) is 0 Å². The molecule has 3 saturated heterocycles. The second-order valence-electron chi connectivity index (χ2n) is 15.3. The zero-order valence-electron chi connectivity index (χ0n) is 38.6. The Balaban J connectivity index is 0.00000106. The van der Waals surface area contributed by atoms with Crippen molar-refractivity contribution in [3.05, 3.63) is 97.2 Å². The fourth-order valence-corrected chi connectivity index (χ4v) is 7.68. The van der Waals surface area contributed by atoms with Crippen LogP contribution in [0.1, 0.15) is 130 Å². The summed E-state index contributed by atoms with van der Waals surface area (Å²) in [7, 11) is 0. The quantitative estimate of drug-likeness (QED) is 0.242. The first kappa shape index (κ1) is 52.0. The van der Waals surface area contributed by atoms with Crippen LogP contribution < -0.4 is 4.90 Å². The molecule has 1 aromatic heterocycles. The number of aryl methyl sites for hydroxylation is 3. The molecule has 0 spiro atoms. The van der Waals surface area contributed by atoms with Gasteiger partial charge in [0.15, 0.2) is 0 Å². The Bertz CT molecular complexity index is 1380. The smallest absolute Gasteiger partial charge is 0.0723 e. The maximum atomic E-state index is 4.68. The van der Waals surface area contributed by atoms with E-state index < -0.39 is 0 Å². The van der Waals surface area contributed by atoms with Crippen LogP contribution in [0.2, 0.25) is 0 Å². The largest absolute Gasteiger partial charge is 0.371 e. The number of likely N-dealkylation sites (N-methyl/N-ethyl adjacent to an activating group) is 1. The Labute approximate surface area is 342 Å². The van der Waals surface area contributed by atoms with Gasteiger partial charge in [0.2, 0.25) is 0 Å². The molecule has 312 valence electrons. The average molecular weight is 758 g/mol. The molecule has 5 heteroatoms. The standard InChI is InChI=1S/C27H41N5.C13H20.3C2H6.2C2H4/c1-4-29-15-17-31(18-16-29)24-7-11-30(12-8-24)23-9-13-32(14-10-23)27-22(3)20-28-26-6-5-21(2)19-25(26)27;1-10-6-8-12(9-7-10)11(2)13(3,4)5;5*1-2/h5-6,19-20,23-24H,4,7-18H2,1-3H3;6-9,11H,1-5H3;3*1-2H3;2*1-2H2. The van der Waals surface area contributed by atoms with Gasteiger partial charge in [0.1, 0.15) is 0 Å². The van der Waals surface area contributed by atoms with E-state index in [2.05, 4.69) is 155 Å². The first-order valence-electron chi connectivity index (χ1n) is 21.9. The fourth-order valence-electron chi connectivity index (χ4n) is 7.68. The summed E-state index contributed by atoms with van der Waals surface area (Å²) >= 11 is 0. The van der Waals surface area contributed by atoms with Crippen LogP contribution in [0.25, 0.3) is 10.9 Å². The summed E-state index contributed by atoms with van der Waals surface area (Å²) in [6, 6.07) is 17.1. The van der Waals surface area contributed by atoms with E-state index in [1.807, 2.05) is 41.5 Å². The minimum absolute atomic E-state index is 0.356. The lowest BCUT2D eigenvalue weighted by atomic mass is 9.78. The summed E-state index contributed by atoms with van der Waals surface area (Å²) < 4.78 is 0. The number of anilines is 1. The zero-order chi connectivity index (χ0) is 42.1. The van der Waals surface area contributed by atoms with Crippen molar-refractivity contribution in [2.24, 2.45) is 5.41 Å². The van der Waals surface area contributed by atoms with E-state index in [0.29, 0.717) is 11.3 Å². The third-order valence-electron chi connectivity index (χ3n) is 11.2. The first-order chi connectivity index (χ1) is 26.5. The molecule has 3 fully saturated rings. The van der Waals surface area contributed by atoms with Gasteiger partial charge >= 0.3 is 0 Å². The molecule has 1 atom stereocenters. The van der Waals surface area contributed by atoms with E-state index in [9.17, 15) is 0 Å². The predicted octanol–water partition coefficient (Wildman–Crippen LogP) is 12.7.